The van der Waals surface area contributed by atoms with Gasteiger partial charge in [0.1, 0.15) is 5.82 Å². The number of hydrogen-bond donors (Lipinski definition) is 3. The average Bonchev–Trinajstić information content (AvgIpc) is 2.45. The molecule has 0 unspecified atom stereocenters. The Hall–Kier alpha value is -1.93. The normalized spacial score (nSPS) is 10.6. The molecule has 0 fully saturated rings. The van der Waals surface area contributed by atoms with Gasteiger partial charge in [0.05, 0.1) is 25.5 Å². The van der Waals surface area contributed by atoms with Crippen molar-refractivity contribution in [1.82, 2.24) is 15.3 Å². The molecular formula is C13H23N5O3. The third-order valence-corrected chi connectivity index (χ3v) is 2.60. The van der Waals surface area contributed by atoms with E-state index in [2.05, 4.69) is 15.3 Å². The number of carbonyl (C=O) groups is 1. The van der Waals surface area contributed by atoms with E-state index in [1.54, 1.807) is 6.92 Å². The summed E-state index contributed by atoms with van der Waals surface area (Å²) in [5.41, 5.74) is 11.7. The Morgan fingerprint density at radius 2 is 1.76 bits per heavy atom. The van der Waals surface area contributed by atoms with Crippen LogP contribution in [0.2, 0.25) is 0 Å². The van der Waals surface area contributed by atoms with Crippen LogP contribution in [-0.4, -0.2) is 48.8 Å². The van der Waals surface area contributed by atoms with Gasteiger partial charge in [-0.1, -0.05) is 6.92 Å². The monoisotopic (exact) mass is 297 g/mol. The first-order valence-corrected chi connectivity index (χ1v) is 6.89. The molecule has 8 nitrogen and oxygen atoms in total. The Morgan fingerprint density at radius 1 is 1.10 bits per heavy atom. The zero-order valence-electron chi connectivity index (χ0n) is 12.5. The lowest BCUT2D eigenvalue weighted by Gasteiger charge is -2.09. The molecular weight excluding hydrogens is 274 g/mol. The van der Waals surface area contributed by atoms with Crippen molar-refractivity contribution in [3.8, 4) is 0 Å². The van der Waals surface area contributed by atoms with Crippen LogP contribution in [0.1, 0.15) is 29.5 Å². The predicted octanol–water partition coefficient (Wildman–Crippen LogP) is 0.122. The van der Waals surface area contributed by atoms with Gasteiger partial charge in [-0.05, 0) is 13.3 Å². The maximum atomic E-state index is 11.9. The summed E-state index contributed by atoms with van der Waals surface area (Å²) in [6.45, 7) is 6.24. The molecule has 0 saturated heterocycles. The highest BCUT2D eigenvalue weighted by atomic mass is 16.5. The van der Waals surface area contributed by atoms with Gasteiger partial charge in [-0.15, -0.1) is 0 Å². The SMILES string of the molecule is CCCOCCOCCNC(=O)c1nc(C)c(N)nc1N. The number of hydrogen-bond acceptors (Lipinski definition) is 7. The molecule has 0 aliphatic carbocycles. The molecule has 0 atom stereocenters. The standard InChI is InChI=1S/C13H23N5O3/c1-3-5-20-7-8-21-6-4-16-13(19)10-12(15)18-11(14)9(2)17-10/h3-8H2,1-2H3,(H,16,19)(H4,14,15,18). The third-order valence-electron chi connectivity index (χ3n) is 2.60. The number of aryl methyl sites for hydroxylation is 1. The summed E-state index contributed by atoms with van der Waals surface area (Å²) in [5, 5.41) is 2.66. The quantitative estimate of drug-likeness (QED) is 0.553. The van der Waals surface area contributed by atoms with Crippen LogP contribution in [-0.2, 0) is 9.47 Å². The Kier molecular flexibility index (Phi) is 7.41. The highest BCUT2D eigenvalue weighted by molar-refractivity contribution is 5.96. The van der Waals surface area contributed by atoms with Gasteiger partial charge in [0, 0.05) is 13.2 Å². The first kappa shape index (κ1) is 17.1. The van der Waals surface area contributed by atoms with Crippen LogP contribution in [0.15, 0.2) is 0 Å². The van der Waals surface area contributed by atoms with Gasteiger partial charge in [-0.3, -0.25) is 4.79 Å². The molecule has 5 N–H and O–H groups in total. The highest BCUT2D eigenvalue weighted by Gasteiger charge is 2.14. The van der Waals surface area contributed by atoms with Crippen molar-refractivity contribution in [3.63, 3.8) is 0 Å². The summed E-state index contributed by atoms with van der Waals surface area (Å²) in [7, 11) is 0. The molecule has 0 aliphatic rings. The maximum Gasteiger partial charge on any atom is 0.273 e. The molecule has 0 spiro atoms. The van der Waals surface area contributed by atoms with E-state index in [1.165, 1.54) is 0 Å². The second kappa shape index (κ2) is 9.09. The molecule has 1 aromatic rings. The molecule has 21 heavy (non-hydrogen) atoms. The van der Waals surface area contributed by atoms with Crippen LogP contribution in [0.25, 0.3) is 0 Å². The lowest BCUT2D eigenvalue weighted by atomic mass is 10.3. The lowest BCUT2D eigenvalue weighted by Crippen LogP contribution is -2.29. The van der Waals surface area contributed by atoms with Crippen molar-refractivity contribution in [2.24, 2.45) is 0 Å². The van der Waals surface area contributed by atoms with E-state index < -0.39 is 5.91 Å². The van der Waals surface area contributed by atoms with Gasteiger partial charge in [0.2, 0.25) is 0 Å². The third kappa shape index (κ3) is 5.92. The van der Waals surface area contributed by atoms with Gasteiger partial charge < -0.3 is 26.3 Å². The largest absolute Gasteiger partial charge is 0.382 e. The fraction of sp³-hybridized carbons (Fsp3) is 0.615. The van der Waals surface area contributed by atoms with Crippen LogP contribution < -0.4 is 16.8 Å². The second-order valence-corrected chi connectivity index (χ2v) is 4.41. The van der Waals surface area contributed by atoms with E-state index in [4.69, 9.17) is 20.9 Å². The average molecular weight is 297 g/mol. The van der Waals surface area contributed by atoms with Crippen LogP contribution in [0.4, 0.5) is 11.6 Å². The van der Waals surface area contributed by atoms with Gasteiger partial charge in [-0.2, -0.15) is 0 Å². The molecule has 1 heterocycles. The minimum atomic E-state index is -0.395. The maximum absolute atomic E-state index is 11.9. The minimum absolute atomic E-state index is 0.0180. The smallest absolute Gasteiger partial charge is 0.273 e. The first-order chi connectivity index (χ1) is 10.1. The number of nitrogens with zero attached hydrogens (tertiary/aromatic N) is 2. The fourth-order valence-corrected chi connectivity index (χ4v) is 1.50. The molecule has 1 amide bonds. The van der Waals surface area contributed by atoms with Crippen molar-refractivity contribution >= 4 is 17.5 Å². The van der Waals surface area contributed by atoms with E-state index in [9.17, 15) is 4.79 Å². The Labute approximate surface area is 124 Å². The number of nitrogens with one attached hydrogen (secondary N) is 1. The minimum Gasteiger partial charge on any atom is -0.382 e. The summed E-state index contributed by atoms with van der Waals surface area (Å²) in [6, 6.07) is 0. The summed E-state index contributed by atoms with van der Waals surface area (Å²) >= 11 is 0. The van der Waals surface area contributed by atoms with Crippen LogP contribution in [0.3, 0.4) is 0 Å². The van der Waals surface area contributed by atoms with Crippen molar-refractivity contribution < 1.29 is 14.3 Å². The van der Waals surface area contributed by atoms with E-state index >= 15 is 0 Å². The zero-order valence-corrected chi connectivity index (χ0v) is 12.5. The number of rotatable bonds is 9. The van der Waals surface area contributed by atoms with Crippen LogP contribution in [0.5, 0.6) is 0 Å². The van der Waals surface area contributed by atoms with Crippen molar-refractivity contribution in [2.45, 2.75) is 20.3 Å². The van der Waals surface area contributed by atoms with E-state index in [0.717, 1.165) is 13.0 Å². The molecule has 1 aromatic heterocycles. The topological polar surface area (TPSA) is 125 Å². The molecule has 0 bridgehead atoms. The summed E-state index contributed by atoms with van der Waals surface area (Å²) in [6.07, 6.45) is 0.986. The number of aromatic nitrogens is 2. The van der Waals surface area contributed by atoms with Crippen molar-refractivity contribution in [1.29, 1.82) is 0 Å². The number of ether oxygens (including phenoxy) is 2. The number of nitrogen functional groups attached to an aromatic ring is 2. The van der Waals surface area contributed by atoms with Crippen molar-refractivity contribution in [3.05, 3.63) is 11.4 Å². The van der Waals surface area contributed by atoms with E-state index in [0.29, 0.717) is 32.1 Å². The van der Waals surface area contributed by atoms with Crippen LogP contribution >= 0.6 is 0 Å². The molecule has 0 saturated carbocycles. The van der Waals surface area contributed by atoms with E-state index in [1.807, 2.05) is 6.92 Å². The first-order valence-electron chi connectivity index (χ1n) is 6.89. The molecule has 0 aliphatic heterocycles. The number of amides is 1. The van der Waals surface area contributed by atoms with Gasteiger partial charge in [0.25, 0.3) is 5.91 Å². The number of anilines is 2. The summed E-state index contributed by atoms with van der Waals surface area (Å²) in [5.74, 6) is -0.155. The summed E-state index contributed by atoms with van der Waals surface area (Å²) in [4.78, 5) is 19.8. The Balaban J connectivity index is 2.27. The number of carbonyl (C=O) groups excluding carboxylic acids is 1. The molecule has 118 valence electrons. The molecule has 0 radical (unpaired) electrons. The zero-order chi connectivity index (χ0) is 15.7. The second-order valence-electron chi connectivity index (χ2n) is 4.41. The molecule has 8 heteroatoms. The van der Waals surface area contributed by atoms with Crippen molar-refractivity contribution in [2.75, 3.05) is 44.4 Å². The number of nitrogens with two attached hydrogens (primary N) is 2. The molecule has 1 rings (SSSR count). The summed E-state index contributed by atoms with van der Waals surface area (Å²) < 4.78 is 10.6. The van der Waals surface area contributed by atoms with Gasteiger partial charge >= 0.3 is 0 Å². The van der Waals surface area contributed by atoms with E-state index in [-0.39, 0.29) is 17.3 Å². The lowest BCUT2D eigenvalue weighted by molar-refractivity contribution is 0.0484. The van der Waals surface area contributed by atoms with Crippen LogP contribution in [0, 0.1) is 6.92 Å². The Morgan fingerprint density at radius 3 is 2.43 bits per heavy atom. The fourth-order valence-electron chi connectivity index (χ4n) is 1.50. The highest BCUT2D eigenvalue weighted by Crippen LogP contribution is 2.11. The predicted molar refractivity (Wildman–Crippen MR) is 79.9 cm³/mol. The molecule has 0 aromatic carbocycles. The van der Waals surface area contributed by atoms with Gasteiger partial charge in [0.15, 0.2) is 11.5 Å². The van der Waals surface area contributed by atoms with Gasteiger partial charge in [-0.25, -0.2) is 9.97 Å². The Bertz CT molecular complexity index is 467.